The van der Waals surface area contributed by atoms with Gasteiger partial charge in [-0.3, -0.25) is 0 Å². The van der Waals surface area contributed by atoms with Gasteiger partial charge < -0.3 is 4.57 Å². The molecule has 0 saturated carbocycles. The van der Waals surface area contributed by atoms with E-state index in [9.17, 15) is 0 Å². The molecule has 0 amide bonds. The molecule has 0 fully saturated rings. The molecule has 0 spiro atoms. The third-order valence-electron chi connectivity index (χ3n) is 8.66. The average Bonchev–Trinajstić information content (AvgIpc) is 3.48. The van der Waals surface area contributed by atoms with E-state index in [-0.39, 0.29) is 23.2 Å². The maximum absolute atomic E-state index is 15.7. The van der Waals surface area contributed by atoms with Crippen molar-refractivity contribution in [3.8, 4) is 16.8 Å². The lowest BCUT2D eigenvalue weighted by molar-refractivity contribution is 0.627. The molecule has 3 heteroatoms. The largest absolute Gasteiger partial charge is 0.309 e. The second-order valence-corrected chi connectivity index (χ2v) is 14.9. The third kappa shape index (κ3) is 4.52. The van der Waals surface area contributed by atoms with Crippen molar-refractivity contribution in [2.45, 2.75) is 0 Å². The first kappa shape index (κ1) is 22.1. The minimum Gasteiger partial charge on any atom is -0.309 e. The predicted molar refractivity (Wildman–Crippen MR) is 190 cm³/mol. The Kier molecular flexibility index (Phi) is 5.49. The van der Waals surface area contributed by atoms with Gasteiger partial charge >= 0.3 is 0 Å². The summed E-state index contributed by atoms with van der Waals surface area (Å²) in [6, 6.07) is 48.8. The van der Waals surface area contributed by atoms with Crippen LogP contribution in [-0.4, -0.2) is 12.6 Å². The molecular formula is C42H30FNSi. The monoisotopic (exact) mass is 600 g/mol. The van der Waals surface area contributed by atoms with Gasteiger partial charge in [0.1, 0.15) is 5.82 Å². The summed E-state index contributed by atoms with van der Waals surface area (Å²) in [5.74, 6) is -0.576. The highest BCUT2D eigenvalue weighted by Gasteiger charge is 2.41. The Bertz CT molecular complexity index is 2430. The molecule has 0 atom stereocenters. The van der Waals surface area contributed by atoms with Crippen LogP contribution in [0.5, 0.6) is 0 Å². The number of halogens is 1. The van der Waals surface area contributed by atoms with Gasteiger partial charge in [0, 0.05) is 16.5 Å². The third-order valence-corrected chi connectivity index (χ3v) is 13.4. The minimum absolute atomic E-state index is 0.0399. The fraction of sp³-hybridized carbons (Fsp3) is 0. The smallest absolute Gasteiger partial charge is 0.179 e. The quantitative estimate of drug-likeness (QED) is 0.135. The number of aromatic nitrogens is 1. The van der Waals surface area contributed by atoms with Gasteiger partial charge in [-0.2, -0.15) is 0 Å². The minimum atomic E-state index is -2.89. The molecular weight excluding hydrogens is 566 g/mol. The summed E-state index contributed by atoms with van der Waals surface area (Å²) in [6.45, 7) is 0. The van der Waals surface area contributed by atoms with Crippen molar-refractivity contribution in [1.82, 2.24) is 4.57 Å². The summed E-state index contributed by atoms with van der Waals surface area (Å²) in [5, 5.41) is 6.83. The predicted octanol–water partition coefficient (Wildman–Crippen LogP) is 7.97. The van der Waals surface area contributed by atoms with Crippen LogP contribution in [0.1, 0.15) is 6.85 Å². The van der Waals surface area contributed by atoms with E-state index in [1.165, 1.54) is 27.7 Å². The van der Waals surface area contributed by atoms with Gasteiger partial charge in [0.15, 0.2) is 8.07 Å². The van der Waals surface area contributed by atoms with Crippen LogP contribution in [0.4, 0.5) is 4.39 Å². The molecule has 8 aromatic rings. The number of fused-ring (bicyclic) bond motifs is 3. The Labute approximate surface area is 270 Å². The summed E-state index contributed by atoms with van der Waals surface area (Å²) in [5.41, 5.74) is 2.40. The zero-order valence-corrected chi connectivity index (χ0v) is 25.3. The summed E-state index contributed by atoms with van der Waals surface area (Å²) in [6.07, 6.45) is 0. The van der Waals surface area contributed by atoms with E-state index in [0.29, 0.717) is 5.69 Å². The fourth-order valence-electron chi connectivity index (χ4n) is 6.79. The maximum atomic E-state index is 15.7. The average molecular weight is 601 g/mol. The molecule has 0 N–H and O–H groups in total. The normalized spacial score (nSPS) is 13.2. The molecule has 1 aromatic heterocycles. The van der Waals surface area contributed by atoms with Crippen LogP contribution in [-0.2, 0) is 0 Å². The molecule has 1 heterocycles. The first-order valence-corrected chi connectivity index (χ1v) is 16.9. The summed E-state index contributed by atoms with van der Waals surface area (Å²) in [7, 11) is -2.89. The molecule has 0 unspecified atom stereocenters. The van der Waals surface area contributed by atoms with Crippen LogP contribution in [0.2, 0.25) is 0 Å². The molecule has 1 nitrogen and oxygen atoms in total. The van der Waals surface area contributed by atoms with Gasteiger partial charge in [-0.25, -0.2) is 4.39 Å². The molecule has 0 aliphatic heterocycles. The van der Waals surface area contributed by atoms with Crippen LogP contribution < -0.4 is 20.7 Å². The molecule has 0 saturated heterocycles. The van der Waals surface area contributed by atoms with E-state index in [0.717, 1.165) is 27.0 Å². The summed E-state index contributed by atoms with van der Waals surface area (Å²) in [4.78, 5) is 0. The highest BCUT2D eigenvalue weighted by molar-refractivity contribution is 7.20. The molecule has 7 aromatic carbocycles. The molecule has 0 bridgehead atoms. The zero-order chi connectivity index (χ0) is 34.6. The van der Waals surface area contributed by atoms with Gasteiger partial charge in [0.05, 0.1) is 17.9 Å². The number of hydrogen-bond donors (Lipinski definition) is 0. The number of hydrogen-bond acceptors (Lipinski definition) is 0. The standard InChI is InChI=1S/C42H30FNSi/c43-33-27-32(31-15-5-1-6-16-31)28-34(29-33)44-41-24-14-13-23-39(41)40-26-25-38(30-42(40)44)45(35-17-7-2-8-18-35,36-19-9-3-10-20-36)37-21-11-4-12-22-37/h1-30H/i1D,5D,6D,15D,16D. The fourth-order valence-corrected chi connectivity index (χ4v) is 11.6. The van der Waals surface area contributed by atoms with Gasteiger partial charge in [0.2, 0.25) is 0 Å². The number of benzene rings is 7. The van der Waals surface area contributed by atoms with E-state index in [4.69, 9.17) is 6.85 Å². The Balaban J connectivity index is 1.47. The van der Waals surface area contributed by atoms with Crippen molar-refractivity contribution in [2.75, 3.05) is 0 Å². The highest BCUT2D eigenvalue weighted by atomic mass is 28.3. The second kappa shape index (κ2) is 11.2. The second-order valence-electron chi connectivity index (χ2n) is 11.1. The van der Waals surface area contributed by atoms with Crippen LogP contribution in [0.25, 0.3) is 38.6 Å². The van der Waals surface area contributed by atoms with Gasteiger partial charge in [-0.15, -0.1) is 0 Å². The SMILES string of the molecule is [2H]c1c([2H])c([2H])c(-c2cc(F)cc(-n3c4ccccc4c4ccc([Si](c5ccccc5)(c5ccccc5)c5ccccc5)cc43)c2)c([2H])c1[2H]. The van der Waals surface area contributed by atoms with Crippen molar-refractivity contribution < 1.29 is 11.2 Å². The van der Waals surface area contributed by atoms with Crippen molar-refractivity contribution >= 4 is 50.6 Å². The van der Waals surface area contributed by atoms with Gasteiger partial charge in [-0.05, 0) is 62.2 Å². The first-order valence-electron chi connectivity index (χ1n) is 17.4. The van der Waals surface area contributed by atoms with Gasteiger partial charge in [-0.1, -0.05) is 152 Å². The van der Waals surface area contributed by atoms with Crippen LogP contribution >= 0.6 is 0 Å². The van der Waals surface area contributed by atoms with E-state index in [2.05, 4.69) is 97.1 Å². The Morgan fingerprint density at radius 1 is 0.467 bits per heavy atom. The topological polar surface area (TPSA) is 4.93 Å². The zero-order valence-electron chi connectivity index (χ0n) is 29.3. The lowest BCUT2D eigenvalue weighted by Gasteiger charge is -2.34. The van der Waals surface area contributed by atoms with Crippen LogP contribution in [0, 0.1) is 5.82 Å². The molecule has 8 rings (SSSR count). The van der Waals surface area contributed by atoms with E-state index >= 15 is 4.39 Å². The highest BCUT2D eigenvalue weighted by Crippen LogP contribution is 2.34. The van der Waals surface area contributed by atoms with Gasteiger partial charge in [0.25, 0.3) is 0 Å². The number of rotatable bonds is 6. The molecule has 0 radical (unpaired) electrons. The molecule has 214 valence electrons. The van der Waals surface area contributed by atoms with Crippen LogP contribution in [0.15, 0.2) is 182 Å². The van der Waals surface area contributed by atoms with Crippen molar-refractivity contribution in [3.63, 3.8) is 0 Å². The van der Waals surface area contributed by atoms with E-state index < -0.39 is 32.0 Å². The summed E-state index contributed by atoms with van der Waals surface area (Å²) < 4.78 is 59.5. The van der Waals surface area contributed by atoms with Crippen LogP contribution in [0.3, 0.4) is 0 Å². The number of nitrogens with zero attached hydrogens (tertiary/aromatic N) is 1. The van der Waals surface area contributed by atoms with E-state index in [1.807, 2.05) is 41.0 Å². The summed E-state index contributed by atoms with van der Waals surface area (Å²) >= 11 is 0. The Hall–Kier alpha value is -5.51. The molecule has 0 aliphatic rings. The lowest BCUT2D eigenvalue weighted by Crippen LogP contribution is -2.74. The lowest BCUT2D eigenvalue weighted by atomic mass is 10.0. The molecule has 0 aliphatic carbocycles. The van der Waals surface area contributed by atoms with E-state index in [1.54, 1.807) is 6.07 Å². The van der Waals surface area contributed by atoms with Crippen molar-refractivity contribution in [1.29, 1.82) is 0 Å². The number of para-hydroxylation sites is 1. The van der Waals surface area contributed by atoms with Crippen molar-refractivity contribution in [2.24, 2.45) is 0 Å². The Morgan fingerprint density at radius 3 is 1.64 bits per heavy atom. The maximum Gasteiger partial charge on any atom is 0.179 e. The molecule has 45 heavy (non-hydrogen) atoms. The first-order chi connectivity index (χ1) is 24.3. The van der Waals surface area contributed by atoms with Crippen molar-refractivity contribution in [3.05, 3.63) is 188 Å². The Morgan fingerprint density at radius 2 is 1.02 bits per heavy atom.